The molecule has 0 saturated carbocycles. The van der Waals surface area contributed by atoms with Crippen LogP contribution in [0, 0.1) is 0 Å². The number of nitrogens with zero attached hydrogens (tertiary/aromatic N) is 1. The Bertz CT molecular complexity index is 384. The zero-order valence-corrected chi connectivity index (χ0v) is 10.0. The van der Waals surface area contributed by atoms with Gasteiger partial charge in [-0.05, 0) is 60.0 Å². The minimum Gasteiger partial charge on any atom is -0.316 e. The number of aromatic nitrogens is 1. The third-order valence-corrected chi connectivity index (χ3v) is 3.22. The van der Waals surface area contributed by atoms with Crippen LogP contribution in [-0.4, -0.2) is 18.1 Å². The molecule has 0 fully saturated rings. The van der Waals surface area contributed by atoms with E-state index < -0.39 is 0 Å². The third kappa shape index (κ3) is 3.76. The molecule has 0 aliphatic heterocycles. The van der Waals surface area contributed by atoms with Crippen LogP contribution in [0.25, 0.3) is 0 Å². The first-order valence-electron chi connectivity index (χ1n) is 5.56. The van der Waals surface area contributed by atoms with Crippen LogP contribution < -0.4 is 5.32 Å². The second-order valence-electron chi connectivity index (χ2n) is 3.74. The minimum atomic E-state index is 1.02. The van der Waals surface area contributed by atoms with Gasteiger partial charge in [0.05, 0.1) is 0 Å². The lowest BCUT2D eigenvalue weighted by molar-refractivity contribution is 0.681. The molecule has 2 heterocycles. The second kappa shape index (κ2) is 6.40. The van der Waals surface area contributed by atoms with Crippen molar-refractivity contribution >= 4 is 11.3 Å². The van der Waals surface area contributed by atoms with Crippen LogP contribution in [0.3, 0.4) is 0 Å². The van der Waals surface area contributed by atoms with Crippen molar-refractivity contribution in [3.05, 3.63) is 52.5 Å². The molecule has 3 heteroatoms. The first-order chi connectivity index (χ1) is 7.95. The lowest BCUT2D eigenvalue weighted by atomic mass is 10.2. The van der Waals surface area contributed by atoms with Crippen LogP contribution in [0.1, 0.15) is 11.1 Å². The largest absolute Gasteiger partial charge is 0.316 e. The zero-order valence-electron chi connectivity index (χ0n) is 9.23. The first kappa shape index (κ1) is 11.3. The Labute approximate surface area is 100 Å². The van der Waals surface area contributed by atoms with E-state index in [2.05, 4.69) is 33.2 Å². The maximum atomic E-state index is 4.10. The fourth-order valence-electron chi connectivity index (χ4n) is 1.57. The average Bonchev–Trinajstić information content (AvgIpc) is 2.83. The topological polar surface area (TPSA) is 24.9 Å². The number of hydrogen-bond acceptors (Lipinski definition) is 3. The van der Waals surface area contributed by atoms with E-state index in [0.717, 1.165) is 25.9 Å². The summed E-state index contributed by atoms with van der Waals surface area (Å²) in [7, 11) is 0. The molecule has 2 nitrogen and oxygen atoms in total. The van der Waals surface area contributed by atoms with Crippen molar-refractivity contribution in [3.8, 4) is 0 Å². The molecule has 0 bridgehead atoms. The van der Waals surface area contributed by atoms with Gasteiger partial charge in [0.25, 0.3) is 0 Å². The van der Waals surface area contributed by atoms with Crippen LogP contribution in [0.5, 0.6) is 0 Å². The highest BCUT2D eigenvalue weighted by Crippen LogP contribution is 2.05. The molecule has 84 valence electrons. The van der Waals surface area contributed by atoms with Crippen LogP contribution in [0.15, 0.2) is 41.4 Å². The van der Waals surface area contributed by atoms with Gasteiger partial charge in [0, 0.05) is 12.4 Å². The van der Waals surface area contributed by atoms with Crippen molar-refractivity contribution in [2.75, 3.05) is 13.1 Å². The molecular formula is C13H16N2S. The first-order valence-corrected chi connectivity index (χ1v) is 6.50. The molecule has 2 rings (SSSR count). The average molecular weight is 232 g/mol. The Kier molecular flexibility index (Phi) is 4.52. The van der Waals surface area contributed by atoms with Crippen molar-refractivity contribution in [1.29, 1.82) is 0 Å². The van der Waals surface area contributed by atoms with Crippen molar-refractivity contribution in [3.63, 3.8) is 0 Å². The van der Waals surface area contributed by atoms with E-state index in [1.54, 1.807) is 11.3 Å². The Hall–Kier alpha value is -1.19. The number of pyridine rings is 1. The van der Waals surface area contributed by atoms with Crippen LogP contribution in [-0.2, 0) is 12.8 Å². The summed E-state index contributed by atoms with van der Waals surface area (Å²) in [5.41, 5.74) is 2.73. The second-order valence-corrected chi connectivity index (χ2v) is 4.52. The van der Waals surface area contributed by atoms with Gasteiger partial charge in [-0.25, -0.2) is 0 Å². The molecule has 0 saturated heterocycles. The van der Waals surface area contributed by atoms with E-state index in [0.29, 0.717) is 0 Å². The summed E-state index contributed by atoms with van der Waals surface area (Å²) in [4.78, 5) is 4.10. The molecule has 0 unspecified atom stereocenters. The van der Waals surface area contributed by atoms with Gasteiger partial charge in [-0.3, -0.25) is 4.98 Å². The number of rotatable bonds is 6. The molecule has 0 amide bonds. The van der Waals surface area contributed by atoms with E-state index in [1.807, 2.05) is 18.5 Å². The predicted molar refractivity (Wildman–Crippen MR) is 68.8 cm³/mol. The maximum Gasteiger partial charge on any atom is 0.0300 e. The fourth-order valence-corrected chi connectivity index (χ4v) is 2.27. The Morgan fingerprint density at radius 2 is 2.00 bits per heavy atom. The molecule has 0 aromatic carbocycles. The van der Waals surface area contributed by atoms with E-state index in [1.165, 1.54) is 11.1 Å². The van der Waals surface area contributed by atoms with E-state index in [4.69, 9.17) is 0 Å². The van der Waals surface area contributed by atoms with Gasteiger partial charge < -0.3 is 5.32 Å². The van der Waals surface area contributed by atoms with Gasteiger partial charge in [0.15, 0.2) is 0 Å². The van der Waals surface area contributed by atoms with E-state index in [-0.39, 0.29) is 0 Å². The Morgan fingerprint density at radius 3 is 2.69 bits per heavy atom. The number of nitrogens with one attached hydrogen (secondary N) is 1. The molecule has 2 aromatic heterocycles. The Balaban J connectivity index is 1.59. The molecule has 0 aliphatic rings. The molecule has 0 spiro atoms. The minimum absolute atomic E-state index is 1.02. The van der Waals surface area contributed by atoms with Crippen molar-refractivity contribution in [1.82, 2.24) is 10.3 Å². The monoisotopic (exact) mass is 232 g/mol. The quantitative estimate of drug-likeness (QED) is 0.774. The predicted octanol–water partition coefficient (Wildman–Crippen LogP) is 2.52. The third-order valence-electron chi connectivity index (χ3n) is 2.48. The van der Waals surface area contributed by atoms with Crippen LogP contribution >= 0.6 is 11.3 Å². The molecule has 16 heavy (non-hydrogen) atoms. The van der Waals surface area contributed by atoms with Gasteiger partial charge >= 0.3 is 0 Å². The highest BCUT2D eigenvalue weighted by atomic mass is 32.1. The van der Waals surface area contributed by atoms with Gasteiger partial charge in [-0.2, -0.15) is 11.3 Å². The highest BCUT2D eigenvalue weighted by Gasteiger charge is 1.94. The molecular weight excluding hydrogens is 216 g/mol. The highest BCUT2D eigenvalue weighted by molar-refractivity contribution is 7.07. The van der Waals surface area contributed by atoms with Crippen molar-refractivity contribution < 1.29 is 0 Å². The normalized spacial score (nSPS) is 10.5. The number of thiophene rings is 1. The van der Waals surface area contributed by atoms with Gasteiger partial charge in [0.2, 0.25) is 0 Å². The molecule has 0 radical (unpaired) electrons. The summed E-state index contributed by atoms with van der Waals surface area (Å²) in [6, 6.07) is 6.29. The van der Waals surface area contributed by atoms with E-state index in [9.17, 15) is 0 Å². The van der Waals surface area contributed by atoms with Crippen LogP contribution in [0.4, 0.5) is 0 Å². The molecule has 0 atom stereocenters. The molecule has 2 aromatic rings. The standard InChI is InChI=1S/C13H16N2S/c1-2-12(10-15-6-1)3-7-14-8-4-13-5-9-16-11-13/h1-2,5-6,9-11,14H,3-4,7-8H2. The summed E-state index contributed by atoms with van der Waals surface area (Å²) in [5.74, 6) is 0. The summed E-state index contributed by atoms with van der Waals surface area (Å²) < 4.78 is 0. The van der Waals surface area contributed by atoms with Crippen LogP contribution in [0.2, 0.25) is 0 Å². The SMILES string of the molecule is c1cncc(CCNCCc2ccsc2)c1. The van der Waals surface area contributed by atoms with Crippen molar-refractivity contribution in [2.45, 2.75) is 12.8 Å². The summed E-state index contributed by atoms with van der Waals surface area (Å²) >= 11 is 1.76. The fraction of sp³-hybridized carbons (Fsp3) is 0.308. The van der Waals surface area contributed by atoms with E-state index >= 15 is 0 Å². The smallest absolute Gasteiger partial charge is 0.0300 e. The zero-order chi connectivity index (χ0) is 11.1. The summed E-state index contributed by atoms with van der Waals surface area (Å²) in [6.07, 6.45) is 5.92. The van der Waals surface area contributed by atoms with Crippen molar-refractivity contribution in [2.24, 2.45) is 0 Å². The molecule has 0 aliphatic carbocycles. The maximum absolute atomic E-state index is 4.10. The molecule has 1 N–H and O–H groups in total. The summed E-state index contributed by atoms with van der Waals surface area (Å²) in [5, 5.41) is 7.79. The van der Waals surface area contributed by atoms with Gasteiger partial charge in [-0.1, -0.05) is 6.07 Å². The lowest BCUT2D eigenvalue weighted by Crippen LogP contribution is -2.19. The van der Waals surface area contributed by atoms with Gasteiger partial charge in [-0.15, -0.1) is 0 Å². The lowest BCUT2D eigenvalue weighted by Gasteiger charge is -2.03. The van der Waals surface area contributed by atoms with Gasteiger partial charge in [0.1, 0.15) is 0 Å². The Morgan fingerprint density at radius 1 is 1.12 bits per heavy atom. The number of hydrogen-bond donors (Lipinski definition) is 1. The summed E-state index contributed by atoms with van der Waals surface area (Å²) in [6.45, 7) is 2.08.